The summed E-state index contributed by atoms with van der Waals surface area (Å²) in [6, 6.07) is 8.28. The lowest BCUT2D eigenvalue weighted by Gasteiger charge is -1.98. The van der Waals surface area contributed by atoms with Crippen molar-refractivity contribution in [1.29, 1.82) is 0 Å². The van der Waals surface area contributed by atoms with Crippen LogP contribution in [0.1, 0.15) is 10.6 Å². The van der Waals surface area contributed by atoms with Gasteiger partial charge in [0, 0.05) is 7.05 Å². The zero-order chi connectivity index (χ0) is 16.9. The molecule has 0 atom stereocenters. The Labute approximate surface area is 141 Å². The number of benzene rings is 1. The highest BCUT2D eigenvalue weighted by Gasteiger charge is 2.03. The van der Waals surface area contributed by atoms with Gasteiger partial charge in [0.25, 0.3) is 0 Å². The summed E-state index contributed by atoms with van der Waals surface area (Å²) in [5.74, 6) is 5.30. The van der Waals surface area contributed by atoms with Gasteiger partial charge < -0.3 is 5.32 Å². The lowest BCUT2D eigenvalue weighted by atomic mass is 10.2. The van der Waals surface area contributed by atoms with Gasteiger partial charge in [-0.05, 0) is 47.7 Å². The molecule has 0 spiro atoms. The average Bonchev–Trinajstić information content (AvgIpc) is 3.01. The largest absolute Gasteiger partial charge is 0.373 e. The van der Waals surface area contributed by atoms with Gasteiger partial charge in [-0.3, -0.25) is 0 Å². The maximum absolute atomic E-state index is 13.7. The van der Waals surface area contributed by atoms with Crippen molar-refractivity contribution in [2.75, 3.05) is 12.4 Å². The van der Waals surface area contributed by atoms with Crippen molar-refractivity contribution < 1.29 is 4.39 Å². The average molecular weight is 338 g/mol. The molecule has 0 fully saturated rings. The number of nitrogens with one attached hydrogen (secondary N) is 1. The predicted octanol–water partition coefficient (Wildman–Crippen LogP) is 4.33. The van der Waals surface area contributed by atoms with Gasteiger partial charge in [-0.25, -0.2) is 9.97 Å². The number of rotatable bonds is 3. The van der Waals surface area contributed by atoms with Crippen molar-refractivity contribution in [2.45, 2.75) is 0 Å². The molecule has 7 heteroatoms. The lowest BCUT2D eigenvalue weighted by molar-refractivity contribution is 0.582. The predicted molar refractivity (Wildman–Crippen MR) is 94.7 cm³/mol. The Kier molecular flexibility index (Phi) is 4.59. The van der Waals surface area contributed by atoms with Gasteiger partial charge in [0.15, 0.2) is 0 Å². The number of anilines is 1. The molecule has 0 saturated heterocycles. The minimum Gasteiger partial charge on any atom is -0.373 e. The Bertz CT molecular complexity index is 1000. The first kappa shape index (κ1) is 15.8. The van der Waals surface area contributed by atoms with Gasteiger partial charge in [-0.2, -0.15) is 4.39 Å². The fraction of sp³-hybridized carbons (Fsp3) is 0.0588. The summed E-state index contributed by atoms with van der Waals surface area (Å²) in [6.07, 6.45) is 3.33. The SMILES string of the molecule is CNc1ccc(C#C/C=C/c2nc3ccc(N=O)cc3s2)c(F)n1. The number of fused-ring (bicyclic) bond motifs is 1. The van der Waals surface area contributed by atoms with E-state index in [-0.39, 0.29) is 5.56 Å². The molecule has 2 aromatic heterocycles. The Morgan fingerprint density at radius 3 is 2.92 bits per heavy atom. The van der Waals surface area contributed by atoms with E-state index in [0.29, 0.717) is 11.5 Å². The molecular weight excluding hydrogens is 327 g/mol. The Morgan fingerprint density at radius 2 is 2.17 bits per heavy atom. The molecule has 1 N–H and O–H groups in total. The second kappa shape index (κ2) is 6.98. The van der Waals surface area contributed by atoms with Crippen molar-refractivity contribution in [3.63, 3.8) is 0 Å². The normalized spacial score (nSPS) is 10.6. The molecule has 0 aliphatic rings. The van der Waals surface area contributed by atoms with E-state index < -0.39 is 5.95 Å². The van der Waals surface area contributed by atoms with Crippen LogP contribution in [0.15, 0.2) is 41.6 Å². The topological polar surface area (TPSA) is 67.2 Å². The zero-order valence-electron chi connectivity index (χ0n) is 12.6. The first-order valence-electron chi connectivity index (χ1n) is 6.96. The van der Waals surface area contributed by atoms with Gasteiger partial charge in [0.1, 0.15) is 16.5 Å². The third kappa shape index (κ3) is 3.45. The van der Waals surface area contributed by atoms with Gasteiger partial charge in [0.2, 0.25) is 5.95 Å². The molecule has 0 unspecified atom stereocenters. The van der Waals surface area contributed by atoms with Crippen molar-refractivity contribution in [1.82, 2.24) is 9.97 Å². The molecule has 118 valence electrons. The monoisotopic (exact) mass is 338 g/mol. The van der Waals surface area contributed by atoms with Crippen LogP contribution in [0.2, 0.25) is 0 Å². The number of thiazole rings is 1. The molecule has 2 heterocycles. The van der Waals surface area contributed by atoms with E-state index >= 15 is 0 Å². The Morgan fingerprint density at radius 1 is 1.29 bits per heavy atom. The second-order valence-corrected chi connectivity index (χ2v) is 5.75. The third-order valence-electron chi connectivity index (χ3n) is 3.11. The van der Waals surface area contributed by atoms with E-state index in [0.717, 1.165) is 15.2 Å². The standard InChI is InChI=1S/C17H11FN4OS/c1-19-15-9-6-11(17(18)21-15)4-2-3-5-16-20-13-8-7-12(22-23)10-14(13)24-16/h3,5-10H,1H3,(H,19,21)/b5-3+. The molecule has 5 nitrogen and oxygen atoms in total. The van der Waals surface area contributed by atoms with Crippen LogP contribution in [0.25, 0.3) is 16.3 Å². The Balaban J connectivity index is 1.78. The molecule has 0 amide bonds. The van der Waals surface area contributed by atoms with Crippen LogP contribution < -0.4 is 5.32 Å². The van der Waals surface area contributed by atoms with Crippen LogP contribution in [-0.4, -0.2) is 17.0 Å². The molecule has 0 saturated carbocycles. The van der Waals surface area contributed by atoms with Crippen LogP contribution in [0, 0.1) is 22.7 Å². The number of aromatic nitrogens is 2. The number of halogens is 1. The van der Waals surface area contributed by atoms with Gasteiger partial charge in [-0.15, -0.1) is 16.2 Å². The Hall–Kier alpha value is -3.11. The number of hydrogen-bond acceptors (Lipinski definition) is 6. The first-order chi connectivity index (χ1) is 11.7. The lowest BCUT2D eigenvalue weighted by Crippen LogP contribution is -1.96. The molecule has 3 aromatic rings. The molecule has 0 bridgehead atoms. The summed E-state index contributed by atoms with van der Waals surface area (Å²) < 4.78 is 14.5. The molecule has 3 rings (SSSR count). The summed E-state index contributed by atoms with van der Waals surface area (Å²) in [5.41, 5.74) is 1.39. The maximum atomic E-state index is 13.7. The summed E-state index contributed by atoms with van der Waals surface area (Å²) in [7, 11) is 1.67. The van der Waals surface area contributed by atoms with E-state index in [1.165, 1.54) is 11.3 Å². The molecule has 0 radical (unpaired) electrons. The highest BCUT2D eigenvalue weighted by Crippen LogP contribution is 2.27. The smallest absolute Gasteiger partial charge is 0.230 e. The molecule has 0 aliphatic heterocycles. The van der Waals surface area contributed by atoms with E-state index in [1.807, 2.05) is 0 Å². The van der Waals surface area contributed by atoms with Crippen LogP contribution in [0.5, 0.6) is 0 Å². The molecule has 24 heavy (non-hydrogen) atoms. The van der Waals surface area contributed by atoms with Crippen molar-refractivity contribution in [3.8, 4) is 11.8 Å². The van der Waals surface area contributed by atoms with Crippen molar-refractivity contribution in [3.05, 3.63) is 57.8 Å². The van der Waals surface area contributed by atoms with E-state index in [1.54, 1.807) is 49.5 Å². The number of nitroso groups, excluding NO2 is 1. The summed E-state index contributed by atoms with van der Waals surface area (Å²) >= 11 is 1.42. The number of nitrogens with zero attached hydrogens (tertiary/aromatic N) is 3. The van der Waals surface area contributed by atoms with Gasteiger partial charge in [-0.1, -0.05) is 11.8 Å². The van der Waals surface area contributed by atoms with Gasteiger partial charge >= 0.3 is 0 Å². The fourth-order valence-corrected chi connectivity index (χ4v) is 2.86. The number of hydrogen-bond donors (Lipinski definition) is 1. The summed E-state index contributed by atoms with van der Waals surface area (Å²) in [6.45, 7) is 0. The van der Waals surface area contributed by atoms with E-state index in [4.69, 9.17) is 0 Å². The van der Waals surface area contributed by atoms with Crippen LogP contribution >= 0.6 is 11.3 Å². The highest BCUT2D eigenvalue weighted by molar-refractivity contribution is 7.19. The molecule has 0 aliphatic carbocycles. The fourth-order valence-electron chi connectivity index (χ4n) is 1.96. The molecule has 1 aromatic carbocycles. The number of pyridine rings is 1. The minimum absolute atomic E-state index is 0.227. The van der Waals surface area contributed by atoms with Crippen LogP contribution in [-0.2, 0) is 0 Å². The van der Waals surface area contributed by atoms with Crippen molar-refractivity contribution >= 4 is 39.1 Å². The third-order valence-corrected chi connectivity index (χ3v) is 4.10. The van der Waals surface area contributed by atoms with Gasteiger partial charge in [0.05, 0.1) is 15.8 Å². The minimum atomic E-state index is -0.614. The van der Waals surface area contributed by atoms with Crippen LogP contribution in [0.4, 0.5) is 15.9 Å². The van der Waals surface area contributed by atoms with E-state index in [2.05, 4.69) is 32.3 Å². The quantitative estimate of drug-likeness (QED) is 0.438. The first-order valence-corrected chi connectivity index (χ1v) is 7.77. The van der Waals surface area contributed by atoms with Crippen molar-refractivity contribution in [2.24, 2.45) is 5.18 Å². The molecular formula is C17H11FN4OS. The van der Waals surface area contributed by atoms with E-state index in [9.17, 15) is 9.30 Å². The maximum Gasteiger partial charge on any atom is 0.230 e. The van der Waals surface area contributed by atoms with Crippen LogP contribution in [0.3, 0.4) is 0 Å². The summed E-state index contributed by atoms with van der Waals surface area (Å²) in [5, 5.41) is 6.40. The second-order valence-electron chi connectivity index (χ2n) is 4.68. The highest BCUT2D eigenvalue weighted by atomic mass is 32.1. The zero-order valence-corrected chi connectivity index (χ0v) is 13.4. The number of allylic oxidation sites excluding steroid dienone is 1. The summed E-state index contributed by atoms with van der Waals surface area (Å²) in [4.78, 5) is 18.7.